The van der Waals surface area contributed by atoms with Gasteiger partial charge in [0, 0.05) is 48.9 Å². The lowest BCUT2D eigenvalue weighted by Crippen LogP contribution is -2.53. The van der Waals surface area contributed by atoms with Gasteiger partial charge in [0.15, 0.2) is 0 Å². The molecular weight excluding hydrogens is 394 g/mol. The summed E-state index contributed by atoms with van der Waals surface area (Å²) in [5.41, 5.74) is 2.60. The second-order valence-electron chi connectivity index (χ2n) is 7.37. The number of hydrogen-bond acceptors (Lipinski definition) is 4. The fourth-order valence-corrected chi connectivity index (χ4v) is 3.92. The van der Waals surface area contributed by atoms with Crippen LogP contribution in [0.5, 0.6) is 0 Å². The minimum Gasteiger partial charge on any atom is -0.376 e. The lowest BCUT2D eigenvalue weighted by Gasteiger charge is -2.41. The number of hydrogen-bond donors (Lipinski definition) is 1. The van der Waals surface area contributed by atoms with Crippen molar-refractivity contribution in [1.82, 2.24) is 15.1 Å². The van der Waals surface area contributed by atoms with E-state index >= 15 is 0 Å². The van der Waals surface area contributed by atoms with E-state index in [0.29, 0.717) is 41.4 Å². The molecule has 0 radical (unpaired) electrons. The Labute approximate surface area is 183 Å². The second kappa shape index (κ2) is 9.67. The van der Waals surface area contributed by atoms with Crippen LogP contribution < -0.4 is 5.32 Å². The van der Waals surface area contributed by atoms with Crippen molar-refractivity contribution in [2.24, 2.45) is 0 Å². The Morgan fingerprint density at radius 1 is 1.03 bits per heavy atom. The first kappa shape index (κ1) is 21.7. The van der Waals surface area contributed by atoms with Crippen LogP contribution >= 0.6 is 12.2 Å². The van der Waals surface area contributed by atoms with Crippen LogP contribution in [0.3, 0.4) is 0 Å². The Balaban J connectivity index is 1.64. The van der Waals surface area contributed by atoms with E-state index in [-0.39, 0.29) is 17.7 Å². The Morgan fingerprint density at radius 3 is 2.27 bits per heavy atom. The summed E-state index contributed by atoms with van der Waals surface area (Å²) in [6.07, 6.45) is 0. The molecule has 0 unspecified atom stereocenters. The van der Waals surface area contributed by atoms with E-state index in [1.54, 1.807) is 12.1 Å². The zero-order chi connectivity index (χ0) is 21.7. The summed E-state index contributed by atoms with van der Waals surface area (Å²) >= 11 is 5.31. The van der Waals surface area contributed by atoms with Gasteiger partial charge in [0.2, 0.25) is 5.78 Å². The highest BCUT2D eigenvalue weighted by Crippen LogP contribution is 2.20. The number of thiocarbonyl (C=S) groups is 1. The van der Waals surface area contributed by atoms with Gasteiger partial charge in [0.05, 0.1) is 5.70 Å². The summed E-state index contributed by atoms with van der Waals surface area (Å²) in [7, 11) is 0. The largest absolute Gasteiger partial charge is 0.376 e. The first-order chi connectivity index (χ1) is 14.4. The number of Topliss-reactive ketones (excluding diaryl/α,β-unsaturated/α-hetero) is 1. The molecule has 1 aliphatic heterocycles. The van der Waals surface area contributed by atoms with Gasteiger partial charge in [-0.2, -0.15) is 0 Å². The lowest BCUT2D eigenvalue weighted by atomic mass is 10.0. The highest BCUT2D eigenvalue weighted by atomic mass is 32.1. The molecule has 0 aliphatic carbocycles. The number of nitrogens with one attached hydrogen (secondary N) is 1. The van der Waals surface area contributed by atoms with Crippen molar-refractivity contribution < 1.29 is 9.59 Å². The number of carbonyl (C=O) groups is 2. The van der Waals surface area contributed by atoms with Crippen molar-refractivity contribution in [3.8, 4) is 0 Å². The number of piperazine rings is 1. The molecule has 1 N–H and O–H groups in total. The highest BCUT2D eigenvalue weighted by molar-refractivity contribution is 7.80. The summed E-state index contributed by atoms with van der Waals surface area (Å²) < 4.78 is 0. The van der Waals surface area contributed by atoms with Crippen molar-refractivity contribution in [1.29, 1.82) is 0 Å². The smallest absolute Gasteiger partial charge is 0.253 e. The Kier molecular flexibility index (Phi) is 7.00. The predicted octanol–water partition coefficient (Wildman–Crippen LogP) is 3.51. The summed E-state index contributed by atoms with van der Waals surface area (Å²) in [6, 6.07) is 16.6. The fraction of sp³-hybridized carbons (Fsp3) is 0.292. The molecule has 1 fully saturated rings. The third kappa shape index (κ3) is 4.76. The Hall–Kier alpha value is -2.99. The third-order valence-electron chi connectivity index (χ3n) is 5.29. The lowest BCUT2D eigenvalue weighted by molar-refractivity contribution is 0.0573. The van der Waals surface area contributed by atoms with Crippen molar-refractivity contribution in [2.45, 2.75) is 19.9 Å². The number of amides is 1. The van der Waals surface area contributed by atoms with Crippen molar-refractivity contribution >= 4 is 28.9 Å². The first-order valence-corrected chi connectivity index (χ1v) is 10.6. The van der Waals surface area contributed by atoms with E-state index in [4.69, 9.17) is 12.2 Å². The molecule has 2 aromatic rings. The third-order valence-corrected chi connectivity index (χ3v) is 5.67. The quantitative estimate of drug-likeness (QED) is 0.439. The molecule has 0 saturated carbocycles. The molecule has 3 rings (SSSR count). The SMILES string of the molecule is C=C(C(=O)c1ccc(C(=S)NCC)cc1)N1CCN(C(=O)c2ccccc2)C[C@H]1C. The van der Waals surface area contributed by atoms with Crippen LogP contribution in [-0.2, 0) is 0 Å². The minimum absolute atomic E-state index is 0.00321. The molecular formula is C24H27N3O2S. The minimum atomic E-state index is -0.106. The molecule has 1 heterocycles. The van der Waals surface area contributed by atoms with E-state index in [2.05, 4.69) is 11.9 Å². The maximum atomic E-state index is 13.0. The molecule has 0 aromatic heterocycles. The topological polar surface area (TPSA) is 52.7 Å². The average Bonchev–Trinajstić information content (AvgIpc) is 2.78. The molecule has 1 aliphatic rings. The van der Waals surface area contributed by atoms with Gasteiger partial charge >= 0.3 is 0 Å². The molecule has 6 heteroatoms. The summed E-state index contributed by atoms with van der Waals surface area (Å²) in [5, 5.41) is 3.10. The fourth-order valence-electron chi connectivity index (χ4n) is 3.64. The van der Waals surface area contributed by atoms with E-state index < -0.39 is 0 Å². The molecule has 5 nitrogen and oxygen atoms in total. The van der Waals surface area contributed by atoms with Gasteiger partial charge < -0.3 is 15.1 Å². The van der Waals surface area contributed by atoms with Crippen LogP contribution in [0.2, 0.25) is 0 Å². The van der Waals surface area contributed by atoms with Crippen molar-refractivity contribution in [2.75, 3.05) is 26.2 Å². The normalized spacial score (nSPS) is 16.1. The van der Waals surface area contributed by atoms with Crippen LogP contribution in [0, 0.1) is 0 Å². The van der Waals surface area contributed by atoms with E-state index in [9.17, 15) is 9.59 Å². The number of allylic oxidation sites excluding steroid dienone is 1. The van der Waals surface area contributed by atoms with Crippen molar-refractivity contribution in [3.63, 3.8) is 0 Å². The standard InChI is InChI=1S/C24H27N3O2S/c1-4-25-23(30)20-12-10-19(11-13-20)22(28)18(3)27-15-14-26(16-17(27)2)24(29)21-8-6-5-7-9-21/h5-13,17H,3-4,14-16H2,1-2H3,(H,25,30)/t17-/m1/s1. The second-order valence-corrected chi connectivity index (χ2v) is 7.78. The Bertz CT molecular complexity index is 941. The van der Waals surface area contributed by atoms with Gasteiger partial charge in [-0.05, 0) is 26.0 Å². The van der Waals surface area contributed by atoms with Gasteiger partial charge in [0.1, 0.15) is 4.99 Å². The molecule has 0 bridgehead atoms. The van der Waals surface area contributed by atoms with Gasteiger partial charge in [0.25, 0.3) is 5.91 Å². The summed E-state index contributed by atoms with van der Waals surface area (Å²) in [6.45, 7) is 10.5. The van der Waals surface area contributed by atoms with E-state index in [0.717, 1.165) is 12.1 Å². The zero-order valence-corrected chi connectivity index (χ0v) is 18.2. The highest BCUT2D eigenvalue weighted by Gasteiger charge is 2.30. The number of carbonyl (C=O) groups excluding carboxylic acids is 2. The predicted molar refractivity (Wildman–Crippen MR) is 124 cm³/mol. The maximum absolute atomic E-state index is 13.0. The van der Waals surface area contributed by atoms with Crippen LogP contribution in [0.1, 0.15) is 40.1 Å². The molecule has 2 aromatic carbocycles. The number of nitrogens with zero attached hydrogens (tertiary/aromatic N) is 2. The number of benzene rings is 2. The van der Waals surface area contributed by atoms with Gasteiger partial charge in [-0.3, -0.25) is 9.59 Å². The zero-order valence-electron chi connectivity index (χ0n) is 17.4. The van der Waals surface area contributed by atoms with Crippen LogP contribution in [-0.4, -0.2) is 58.7 Å². The van der Waals surface area contributed by atoms with Gasteiger partial charge in [-0.15, -0.1) is 0 Å². The molecule has 0 spiro atoms. The van der Waals surface area contributed by atoms with Gasteiger partial charge in [-0.1, -0.05) is 61.3 Å². The molecule has 156 valence electrons. The van der Waals surface area contributed by atoms with Gasteiger partial charge in [-0.25, -0.2) is 0 Å². The van der Waals surface area contributed by atoms with Crippen LogP contribution in [0.25, 0.3) is 0 Å². The Morgan fingerprint density at radius 2 is 1.67 bits per heavy atom. The van der Waals surface area contributed by atoms with E-state index in [1.807, 2.05) is 66.1 Å². The number of ketones is 1. The van der Waals surface area contributed by atoms with Crippen LogP contribution in [0.15, 0.2) is 66.9 Å². The molecule has 1 amide bonds. The maximum Gasteiger partial charge on any atom is 0.253 e. The summed E-state index contributed by atoms with van der Waals surface area (Å²) in [5.74, 6) is -0.0862. The van der Waals surface area contributed by atoms with Crippen LogP contribution in [0.4, 0.5) is 0 Å². The first-order valence-electron chi connectivity index (χ1n) is 10.1. The summed E-state index contributed by atoms with van der Waals surface area (Å²) in [4.78, 5) is 30.2. The molecule has 1 atom stereocenters. The molecule has 1 saturated heterocycles. The number of rotatable bonds is 6. The average molecular weight is 422 g/mol. The van der Waals surface area contributed by atoms with Crippen molar-refractivity contribution in [3.05, 3.63) is 83.6 Å². The van der Waals surface area contributed by atoms with E-state index in [1.165, 1.54) is 0 Å². The molecule has 30 heavy (non-hydrogen) atoms. The monoisotopic (exact) mass is 421 g/mol.